The zero-order chi connectivity index (χ0) is 13.0. The summed E-state index contributed by atoms with van der Waals surface area (Å²) in [4.78, 5) is 4.05. The summed E-state index contributed by atoms with van der Waals surface area (Å²) in [7, 11) is 2.00. The Bertz CT molecular complexity index is 516. The van der Waals surface area contributed by atoms with Gasteiger partial charge in [0.25, 0.3) is 0 Å². The van der Waals surface area contributed by atoms with E-state index in [1.165, 1.54) is 14.7 Å². The molecule has 0 fully saturated rings. The van der Waals surface area contributed by atoms with Crippen LogP contribution in [0.15, 0.2) is 47.2 Å². The molecule has 1 aromatic heterocycles. The normalized spacial score (nSPS) is 12.4. The van der Waals surface area contributed by atoms with Crippen LogP contribution in [0.3, 0.4) is 0 Å². The Morgan fingerprint density at radius 3 is 2.67 bits per heavy atom. The van der Waals surface area contributed by atoms with Crippen LogP contribution in [-0.4, -0.2) is 12.0 Å². The number of nitrogens with one attached hydrogen (secondary N) is 1. The van der Waals surface area contributed by atoms with E-state index in [0.29, 0.717) is 6.04 Å². The van der Waals surface area contributed by atoms with E-state index < -0.39 is 0 Å². The first-order valence-corrected chi connectivity index (χ1v) is 7.59. The number of aromatic nitrogens is 1. The van der Waals surface area contributed by atoms with Crippen molar-refractivity contribution in [2.45, 2.75) is 12.5 Å². The lowest BCUT2D eigenvalue weighted by Crippen LogP contribution is -2.20. The van der Waals surface area contributed by atoms with E-state index in [4.69, 9.17) is 0 Å². The second-order valence-electron chi connectivity index (χ2n) is 4.07. The topological polar surface area (TPSA) is 24.9 Å². The van der Waals surface area contributed by atoms with Gasteiger partial charge in [-0.3, -0.25) is 4.98 Å². The number of benzene rings is 1. The predicted molar refractivity (Wildman–Crippen MR) is 86.6 cm³/mol. The summed E-state index contributed by atoms with van der Waals surface area (Å²) in [5, 5.41) is 3.39. The monoisotopic (exact) mass is 416 g/mol. The third-order valence-corrected chi connectivity index (χ3v) is 4.35. The smallest absolute Gasteiger partial charge is 0.0369 e. The Hall–Kier alpha value is -0.460. The van der Waals surface area contributed by atoms with E-state index in [1.807, 2.05) is 19.4 Å². The molecular weight excluding hydrogens is 403 g/mol. The predicted octanol–water partition coefficient (Wildman–Crippen LogP) is 3.95. The van der Waals surface area contributed by atoms with E-state index in [2.05, 4.69) is 79.2 Å². The number of rotatable bonds is 4. The molecule has 18 heavy (non-hydrogen) atoms. The number of hydrogen-bond donors (Lipinski definition) is 1. The van der Waals surface area contributed by atoms with Gasteiger partial charge in [0.1, 0.15) is 0 Å². The zero-order valence-electron chi connectivity index (χ0n) is 10.0. The second-order valence-corrected chi connectivity index (χ2v) is 6.14. The van der Waals surface area contributed by atoms with E-state index in [0.717, 1.165) is 10.9 Å². The van der Waals surface area contributed by atoms with Crippen LogP contribution in [0.2, 0.25) is 0 Å². The van der Waals surface area contributed by atoms with Gasteiger partial charge < -0.3 is 5.32 Å². The van der Waals surface area contributed by atoms with Gasteiger partial charge in [-0.25, -0.2) is 0 Å². The molecule has 1 atom stereocenters. The molecule has 2 aromatic rings. The van der Waals surface area contributed by atoms with Crippen LogP contribution in [0.4, 0.5) is 0 Å². The second kappa shape index (κ2) is 6.63. The number of hydrogen-bond acceptors (Lipinski definition) is 2. The molecule has 0 bridgehead atoms. The summed E-state index contributed by atoms with van der Waals surface area (Å²) in [5.74, 6) is 0. The number of pyridine rings is 1. The molecule has 0 amide bonds. The summed E-state index contributed by atoms with van der Waals surface area (Å²) >= 11 is 5.92. The molecule has 4 heteroatoms. The molecule has 0 aliphatic carbocycles. The summed E-state index contributed by atoms with van der Waals surface area (Å²) in [6.07, 6.45) is 4.65. The van der Waals surface area contributed by atoms with Gasteiger partial charge in [-0.2, -0.15) is 0 Å². The quantitative estimate of drug-likeness (QED) is 0.763. The highest BCUT2D eigenvalue weighted by Crippen LogP contribution is 2.26. The zero-order valence-corrected chi connectivity index (χ0v) is 13.8. The van der Waals surface area contributed by atoms with Crippen LogP contribution in [0.1, 0.15) is 17.2 Å². The van der Waals surface area contributed by atoms with Crippen molar-refractivity contribution in [2.24, 2.45) is 0 Å². The fourth-order valence-corrected chi connectivity index (χ4v) is 2.99. The molecule has 0 aliphatic heterocycles. The highest BCUT2D eigenvalue weighted by atomic mass is 127. The van der Waals surface area contributed by atoms with Crippen molar-refractivity contribution in [3.8, 4) is 0 Å². The molecule has 2 nitrogen and oxygen atoms in total. The first-order chi connectivity index (χ1) is 8.70. The molecule has 1 N–H and O–H groups in total. The van der Waals surface area contributed by atoms with Gasteiger partial charge >= 0.3 is 0 Å². The van der Waals surface area contributed by atoms with Gasteiger partial charge in [-0.05, 0) is 77.5 Å². The van der Waals surface area contributed by atoms with Gasteiger partial charge in [-0.15, -0.1) is 0 Å². The van der Waals surface area contributed by atoms with Gasteiger partial charge in [0.2, 0.25) is 0 Å². The molecule has 94 valence electrons. The number of halogens is 2. The van der Waals surface area contributed by atoms with Crippen LogP contribution < -0.4 is 5.32 Å². The van der Waals surface area contributed by atoms with Crippen LogP contribution >= 0.6 is 38.5 Å². The average Bonchev–Trinajstić information content (AvgIpc) is 2.40. The minimum Gasteiger partial charge on any atom is -0.313 e. The molecule has 1 unspecified atom stereocenters. The molecular formula is C14H14BrIN2. The highest BCUT2D eigenvalue weighted by Gasteiger charge is 2.13. The summed E-state index contributed by atoms with van der Waals surface area (Å²) in [6.45, 7) is 0. The number of likely N-dealkylation sites (N-methyl/N-ethyl adjacent to an activating group) is 1. The summed E-state index contributed by atoms with van der Waals surface area (Å²) < 4.78 is 2.40. The maximum absolute atomic E-state index is 4.05. The van der Waals surface area contributed by atoms with Crippen LogP contribution in [0.5, 0.6) is 0 Å². The van der Waals surface area contributed by atoms with Gasteiger partial charge in [0.05, 0.1) is 0 Å². The van der Waals surface area contributed by atoms with E-state index in [1.54, 1.807) is 0 Å². The number of nitrogens with zero attached hydrogens (tertiary/aromatic N) is 1. The van der Waals surface area contributed by atoms with Crippen molar-refractivity contribution in [2.75, 3.05) is 7.05 Å². The van der Waals surface area contributed by atoms with Crippen molar-refractivity contribution in [1.82, 2.24) is 10.3 Å². The lowest BCUT2D eigenvalue weighted by Gasteiger charge is -2.18. The third-order valence-electron chi connectivity index (χ3n) is 2.87. The molecule has 0 saturated carbocycles. The van der Waals surface area contributed by atoms with Crippen LogP contribution in [0.25, 0.3) is 0 Å². The van der Waals surface area contributed by atoms with Crippen molar-refractivity contribution in [3.63, 3.8) is 0 Å². The van der Waals surface area contributed by atoms with E-state index in [9.17, 15) is 0 Å². The molecule has 2 rings (SSSR count). The van der Waals surface area contributed by atoms with Gasteiger partial charge in [-0.1, -0.05) is 15.9 Å². The Labute approximate surface area is 129 Å². The third kappa shape index (κ3) is 3.52. The van der Waals surface area contributed by atoms with Crippen LogP contribution in [0, 0.1) is 3.57 Å². The molecule has 0 spiro atoms. The minimum atomic E-state index is 0.316. The van der Waals surface area contributed by atoms with Crippen molar-refractivity contribution < 1.29 is 0 Å². The fraction of sp³-hybridized carbons (Fsp3) is 0.214. The lowest BCUT2D eigenvalue weighted by atomic mass is 10.00. The maximum atomic E-state index is 4.05. The highest BCUT2D eigenvalue weighted by molar-refractivity contribution is 14.1. The largest absolute Gasteiger partial charge is 0.313 e. The summed E-state index contributed by atoms with van der Waals surface area (Å²) in [6, 6.07) is 10.8. The van der Waals surface area contributed by atoms with Crippen molar-refractivity contribution in [1.29, 1.82) is 0 Å². The van der Waals surface area contributed by atoms with E-state index in [-0.39, 0.29) is 0 Å². The molecule has 1 heterocycles. The SMILES string of the molecule is CNC(Cc1ccncc1)c1cc(Br)ccc1I. The summed E-state index contributed by atoms with van der Waals surface area (Å²) in [5.41, 5.74) is 2.62. The maximum Gasteiger partial charge on any atom is 0.0369 e. The Kier molecular flexibility index (Phi) is 5.14. The first kappa shape index (κ1) is 14.0. The molecule has 0 aliphatic rings. The standard InChI is InChI=1S/C14H14BrIN2/c1-17-14(8-10-4-6-18-7-5-10)12-9-11(15)2-3-13(12)16/h2-7,9,14,17H,8H2,1H3. The molecule has 1 aromatic carbocycles. The Morgan fingerprint density at radius 1 is 1.28 bits per heavy atom. The minimum absolute atomic E-state index is 0.316. The lowest BCUT2D eigenvalue weighted by molar-refractivity contribution is 0.589. The van der Waals surface area contributed by atoms with E-state index >= 15 is 0 Å². The molecule has 0 radical (unpaired) electrons. The van der Waals surface area contributed by atoms with Crippen molar-refractivity contribution in [3.05, 3.63) is 61.9 Å². The Morgan fingerprint density at radius 2 is 2.00 bits per heavy atom. The fourth-order valence-electron chi connectivity index (χ4n) is 1.90. The molecule has 0 saturated heterocycles. The van der Waals surface area contributed by atoms with Crippen LogP contribution in [-0.2, 0) is 6.42 Å². The van der Waals surface area contributed by atoms with Crippen molar-refractivity contribution >= 4 is 38.5 Å². The average molecular weight is 417 g/mol. The Balaban J connectivity index is 2.26. The van der Waals surface area contributed by atoms with Gasteiger partial charge in [0, 0.05) is 26.5 Å². The van der Waals surface area contributed by atoms with Gasteiger partial charge in [0.15, 0.2) is 0 Å². The first-order valence-electron chi connectivity index (χ1n) is 5.72.